The number of nitrogens with zero attached hydrogens (tertiary/aromatic N) is 4. The van der Waals surface area contributed by atoms with Crippen molar-refractivity contribution in [1.29, 1.82) is 0 Å². The molecular formula is C24H25ClF2N6O. The molecule has 7 nitrogen and oxygen atoms in total. The minimum Gasteiger partial charge on any atom is -0.379 e. The van der Waals surface area contributed by atoms with Crippen LogP contribution in [0.1, 0.15) is 22.8 Å². The molecule has 34 heavy (non-hydrogen) atoms. The Morgan fingerprint density at radius 2 is 2.03 bits per heavy atom. The highest BCUT2D eigenvalue weighted by Crippen LogP contribution is 2.27. The van der Waals surface area contributed by atoms with Crippen molar-refractivity contribution in [1.82, 2.24) is 19.5 Å². The Morgan fingerprint density at radius 1 is 1.21 bits per heavy atom. The maximum Gasteiger partial charge on any atom is 0.155 e. The molecule has 2 aliphatic rings. The standard InChI is InChI=1S/C24H25ClF2N6O/c1-15-21(10-16-2-3-18(25)12-20(16)27)33-24(29-15)17(14-32-6-8-34-9-7-32)11-23(31-33)30-22-5-4-19(26)13-28-22/h2-5,11-13,23,31H,6-10,14H2,1H3,(H,28,30). The third-order valence-corrected chi connectivity index (χ3v) is 6.23. The lowest BCUT2D eigenvalue weighted by Crippen LogP contribution is -2.42. The third kappa shape index (κ3) is 4.91. The average molecular weight is 487 g/mol. The fraction of sp³-hybridized carbons (Fsp3) is 0.333. The van der Waals surface area contributed by atoms with Crippen molar-refractivity contribution < 1.29 is 13.5 Å². The zero-order valence-electron chi connectivity index (χ0n) is 18.7. The maximum atomic E-state index is 14.6. The van der Waals surface area contributed by atoms with Gasteiger partial charge in [0.15, 0.2) is 5.82 Å². The van der Waals surface area contributed by atoms with Crippen LogP contribution in [-0.4, -0.2) is 58.6 Å². The zero-order chi connectivity index (χ0) is 23.7. The van der Waals surface area contributed by atoms with Crippen molar-refractivity contribution in [2.45, 2.75) is 19.5 Å². The Balaban J connectivity index is 1.48. The number of ether oxygens (including phenoxy) is 1. The van der Waals surface area contributed by atoms with Crippen LogP contribution in [0.15, 0.2) is 42.6 Å². The molecule has 0 saturated carbocycles. The molecule has 178 valence electrons. The molecule has 0 bridgehead atoms. The Hall–Kier alpha value is -3.01. The lowest BCUT2D eigenvalue weighted by Gasteiger charge is -2.32. The van der Waals surface area contributed by atoms with Gasteiger partial charge < -0.3 is 10.1 Å². The van der Waals surface area contributed by atoms with Gasteiger partial charge in [-0.3, -0.25) is 10.3 Å². The number of aromatic nitrogens is 3. The summed E-state index contributed by atoms with van der Waals surface area (Å²) in [6.07, 6.45) is 3.25. The van der Waals surface area contributed by atoms with E-state index in [-0.39, 0.29) is 12.0 Å². The van der Waals surface area contributed by atoms with Crippen molar-refractivity contribution in [2.24, 2.45) is 0 Å². The summed E-state index contributed by atoms with van der Waals surface area (Å²) in [4.78, 5) is 11.3. The van der Waals surface area contributed by atoms with Crippen molar-refractivity contribution in [3.8, 4) is 0 Å². The van der Waals surface area contributed by atoms with E-state index in [0.29, 0.717) is 42.6 Å². The summed E-state index contributed by atoms with van der Waals surface area (Å²) >= 11 is 5.93. The number of pyridine rings is 1. The second-order valence-electron chi connectivity index (χ2n) is 8.41. The largest absolute Gasteiger partial charge is 0.379 e. The van der Waals surface area contributed by atoms with Crippen molar-refractivity contribution in [2.75, 3.05) is 43.6 Å². The van der Waals surface area contributed by atoms with Gasteiger partial charge in [0.05, 0.1) is 30.8 Å². The van der Waals surface area contributed by atoms with Crippen molar-refractivity contribution in [3.05, 3.63) is 82.0 Å². The molecule has 2 aliphatic heterocycles. The topological polar surface area (TPSA) is 67.2 Å². The van der Waals surface area contributed by atoms with Gasteiger partial charge in [-0.25, -0.2) is 23.4 Å². The summed E-state index contributed by atoms with van der Waals surface area (Å²) in [6, 6.07) is 7.65. The maximum absolute atomic E-state index is 14.6. The number of imidazole rings is 1. The molecule has 1 unspecified atom stereocenters. The van der Waals surface area contributed by atoms with E-state index in [4.69, 9.17) is 21.3 Å². The van der Waals surface area contributed by atoms with E-state index in [2.05, 4.69) is 26.7 Å². The van der Waals surface area contributed by atoms with Gasteiger partial charge in [-0.05, 0) is 42.8 Å². The first-order chi connectivity index (χ1) is 16.5. The minimum absolute atomic E-state index is 0.330. The number of anilines is 1. The summed E-state index contributed by atoms with van der Waals surface area (Å²) in [7, 11) is 0. The molecule has 0 aliphatic carbocycles. The van der Waals surface area contributed by atoms with Crippen molar-refractivity contribution >= 4 is 23.0 Å². The van der Waals surface area contributed by atoms with Crippen LogP contribution in [0.2, 0.25) is 5.02 Å². The summed E-state index contributed by atoms with van der Waals surface area (Å²) in [5, 5.41) is 3.65. The molecule has 2 N–H and O–H groups in total. The predicted molar refractivity (Wildman–Crippen MR) is 127 cm³/mol. The Morgan fingerprint density at radius 3 is 2.76 bits per heavy atom. The van der Waals surface area contributed by atoms with Gasteiger partial charge >= 0.3 is 0 Å². The quantitative estimate of drug-likeness (QED) is 0.552. The number of rotatable bonds is 6. The first-order valence-corrected chi connectivity index (χ1v) is 11.5. The Labute approximate surface area is 201 Å². The normalized spacial score (nSPS) is 18.2. The number of fused-ring (bicyclic) bond motifs is 1. The number of aryl methyl sites for hydroxylation is 1. The summed E-state index contributed by atoms with van der Waals surface area (Å²) < 4.78 is 35.3. The average Bonchev–Trinajstić information content (AvgIpc) is 3.13. The van der Waals surface area contributed by atoms with E-state index in [1.165, 1.54) is 18.3 Å². The molecular weight excluding hydrogens is 462 g/mol. The van der Waals surface area contributed by atoms with Gasteiger partial charge in [0.1, 0.15) is 23.6 Å². The third-order valence-electron chi connectivity index (χ3n) is 6.00. The highest BCUT2D eigenvalue weighted by Gasteiger charge is 2.27. The Kier molecular flexibility index (Phi) is 6.49. The second kappa shape index (κ2) is 9.69. The van der Waals surface area contributed by atoms with Gasteiger partial charge in [0.2, 0.25) is 0 Å². The molecule has 4 heterocycles. The van der Waals surface area contributed by atoms with Crippen LogP contribution in [-0.2, 0) is 11.2 Å². The summed E-state index contributed by atoms with van der Waals surface area (Å²) in [5.41, 5.74) is 6.64. The van der Waals surface area contributed by atoms with Crippen molar-refractivity contribution in [3.63, 3.8) is 0 Å². The van der Waals surface area contributed by atoms with Crippen LogP contribution in [0.3, 0.4) is 0 Å². The molecule has 1 aromatic carbocycles. The van der Waals surface area contributed by atoms with Crippen LogP contribution < -0.4 is 10.7 Å². The van der Waals surface area contributed by atoms with E-state index in [9.17, 15) is 8.78 Å². The Bertz CT molecular complexity index is 1210. The van der Waals surface area contributed by atoms with Crippen LogP contribution in [0, 0.1) is 18.6 Å². The highest BCUT2D eigenvalue weighted by molar-refractivity contribution is 6.30. The molecule has 5 rings (SSSR count). The number of benzene rings is 1. The fourth-order valence-corrected chi connectivity index (χ4v) is 4.40. The van der Waals surface area contributed by atoms with Crippen LogP contribution in [0.25, 0.3) is 5.57 Å². The first-order valence-electron chi connectivity index (χ1n) is 11.1. The zero-order valence-corrected chi connectivity index (χ0v) is 19.4. The van der Waals surface area contributed by atoms with Gasteiger partial charge in [0.25, 0.3) is 0 Å². The van der Waals surface area contributed by atoms with Gasteiger partial charge in [-0.15, -0.1) is 0 Å². The second-order valence-corrected chi connectivity index (χ2v) is 8.85. The SMILES string of the molecule is Cc1nc2n(c1Cc1ccc(Cl)cc1F)NC(Nc1ccc(F)cn1)C=C2CN1CCOCC1. The molecule has 1 fully saturated rings. The molecule has 3 aromatic rings. The van der Waals surface area contributed by atoms with Gasteiger partial charge in [0, 0.05) is 36.7 Å². The number of hydrogen-bond donors (Lipinski definition) is 2. The monoisotopic (exact) mass is 486 g/mol. The lowest BCUT2D eigenvalue weighted by atomic mass is 10.1. The first kappa shape index (κ1) is 22.8. The predicted octanol–water partition coefficient (Wildman–Crippen LogP) is 3.82. The lowest BCUT2D eigenvalue weighted by molar-refractivity contribution is 0.0443. The number of halogens is 3. The number of morpholine rings is 1. The minimum atomic E-state index is -0.398. The van der Waals surface area contributed by atoms with Crippen LogP contribution in [0.5, 0.6) is 0 Å². The molecule has 1 atom stereocenters. The number of hydrogen-bond acceptors (Lipinski definition) is 6. The van der Waals surface area contributed by atoms with Crippen LogP contribution >= 0.6 is 11.6 Å². The molecule has 10 heteroatoms. The fourth-order valence-electron chi connectivity index (χ4n) is 4.24. The number of nitrogens with one attached hydrogen (secondary N) is 2. The van der Waals surface area contributed by atoms with Crippen LogP contribution in [0.4, 0.5) is 14.6 Å². The van der Waals surface area contributed by atoms with Gasteiger partial charge in [-0.2, -0.15) is 0 Å². The summed E-state index contributed by atoms with van der Waals surface area (Å²) in [5.74, 6) is 0.572. The molecule has 0 amide bonds. The van der Waals surface area contributed by atoms with E-state index < -0.39 is 5.82 Å². The van der Waals surface area contributed by atoms with E-state index in [0.717, 1.165) is 35.9 Å². The van der Waals surface area contributed by atoms with Gasteiger partial charge in [-0.1, -0.05) is 17.7 Å². The highest BCUT2D eigenvalue weighted by atomic mass is 35.5. The molecule has 0 radical (unpaired) electrons. The smallest absolute Gasteiger partial charge is 0.155 e. The molecule has 0 spiro atoms. The van der Waals surface area contributed by atoms with E-state index in [1.807, 2.05) is 11.6 Å². The van der Waals surface area contributed by atoms with E-state index >= 15 is 0 Å². The summed E-state index contributed by atoms with van der Waals surface area (Å²) in [6.45, 7) is 5.69. The molecule has 2 aromatic heterocycles. The molecule has 1 saturated heterocycles. The van der Waals surface area contributed by atoms with E-state index in [1.54, 1.807) is 18.2 Å².